The second kappa shape index (κ2) is 7.53. The Kier molecular flexibility index (Phi) is 4.97. The van der Waals surface area contributed by atoms with Crippen molar-refractivity contribution in [3.8, 4) is 0 Å². The Morgan fingerprint density at radius 3 is 2.81 bits per heavy atom. The van der Waals surface area contributed by atoms with Crippen LogP contribution in [0.2, 0.25) is 0 Å². The van der Waals surface area contributed by atoms with Crippen LogP contribution in [0.4, 0.5) is 0 Å². The second-order valence-electron chi connectivity index (χ2n) is 7.35. The summed E-state index contributed by atoms with van der Waals surface area (Å²) in [6.45, 7) is 4.67. The molecule has 2 aromatic rings. The monoisotopic (exact) mass is 354 g/mol. The molecule has 2 fully saturated rings. The topological polar surface area (TPSA) is 67.2 Å². The van der Waals surface area contributed by atoms with E-state index < -0.39 is 0 Å². The zero-order valence-corrected chi connectivity index (χ0v) is 15.3. The molecule has 0 aliphatic carbocycles. The van der Waals surface area contributed by atoms with Gasteiger partial charge in [-0.3, -0.25) is 14.7 Å². The lowest BCUT2D eigenvalue weighted by Crippen LogP contribution is -2.39. The highest BCUT2D eigenvalue weighted by atomic mass is 16.2. The molecule has 4 heterocycles. The molecule has 2 aliphatic rings. The first-order valence-corrected chi connectivity index (χ1v) is 9.52. The van der Waals surface area contributed by atoms with E-state index in [1.165, 1.54) is 12.8 Å². The van der Waals surface area contributed by atoms with Crippen LogP contribution in [0.3, 0.4) is 0 Å². The Morgan fingerprint density at radius 2 is 2.04 bits per heavy atom. The largest absolute Gasteiger partial charge is 0.338 e. The van der Waals surface area contributed by atoms with Crippen LogP contribution in [0.15, 0.2) is 24.5 Å². The van der Waals surface area contributed by atoms with Crippen LogP contribution in [0.1, 0.15) is 53.6 Å². The van der Waals surface area contributed by atoms with Crippen LogP contribution in [-0.2, 0) is 13.6 Å². The van der Waals surface area contributed by atoms with Crippen LogP contribution in [0.5, 0.6) is 0 Å². The van der Waals surface area contributed by atoms with Gasteiger partial charge in [-0.25, -0.2) is 0 Å². The standard InChI is InChI=1S/C19H26N6O/c1-23-17(14-24-9-2-3-10-24)21-22-18(23)16-7-5-11-25(13-16)19(26)15-6-4-8-20-12-15/h4,6,8,12,16H,2-3,5,7,9-11,13-14H2,1H3/t16-/m1/s1. The van der Waals surface area contributed by atoms with Crippen molar-refractivity contribution in [1.82, 2.24) is 29.5 Å². The minimum absolute atomic E-state index is 0.0576. The molecule has 138 valence electrons. The molecule has 2 saturated heterocycles. The highest BCUT2D eigenvalue weighted by molar-refractivity contribution is 5.93. The van der Waals surface area contributed by atoms with Crippen LogP contribution in [0.25, 0.3) is 0 Å². The fourth-order valence-electron chi connectivity index (χ4n) is 4.05. The van der Waals surface area contributed by atoms with Gasteiger partial charge in [0.1, 0.15) is 11.6 Å². The van der Waals surface area contributed by atoms with Crippen molar-refractivity contribution in [1.29, 1.82) is 0 Å². The van der Waals surface area contributed by atoms with Gasteiger partial charge in [0, 0.05) is 38.4 Å². The van der Waals surface area contributed by atoms with Gasteiger partial charge < -0.3 is 9.47 Å². The molecule has 7 heteroatoms. The van der Waals surface area contributed by atoms with Gasteiger partial charge in [-0.05, 0) is 50.9 Å². The van der Waals surface area contributed by atoms with Gasteiger partial charge in [-0.15, -0.1) is 10.2 Å². The number of amides is 1. The number of hydrogen-bond donors (Lipinski definition) is 0. The van der Waals surface area contributed by atoms with E-state index in [1.54, 1.807) is 12.4 Å². The van der Waals surface area contributed by atoms with Crippen molar-refractivity contribution in [3.05, 3.63) is 41.7 Å². The predicted octanol–water partition coefficient (Wildman–Crippen LogP) is 1.83. The molecular formula is C19H26N6O. The SMILES string of the molecule is Cn1c(CN2CCCC2)nnc1[C@@H]1CCCN(C(=O)c2cccnc2)C1. The third kappa shape index (κ3) is 3.49. The molecule has 2 aliphatic heterocycles. The maximum Gasteiger partial charge on any atom is 0.255 e. The molecule has 26 heavy (non-hydrogen) atoms. The number of hydrogen-bond acceptors (Lipinski definition) is 5. The quantitative estimate of drug-likeness (QED) is 0.838. The summed E-state index contributed by atoms with van der Waals surface area (Å²) < 4.78 is 2.14. The normalized spacial score (nSPS) is 21.3. The van der Waals surface area contributed by atoms with E-state index >= 15 is 0 Å². The van der Waals surface area contributed by atoms with Crippen LogP contribution in [-0.4, -0.2) is 61.6 Å². The molecule has 0 unspecified atom stereocenters. The lowest BCUT2D eigenvalue weighted by Gasteiger charge is -2.32. The molecule has 0 spiro atoms. The molecule has 2 aromatic heterocycles. The second-order valence-corrected chi connectivity index (χ2v) is 7.35. The molecule has 0 saturated carbocycles. The highest BCUT2D eigenvalue weighted by Gasteiger charge is 2.29. The zero-order chi connectivity index (χ0) is 17.9. The minimum atomic E-state index is 0.0576. The van der Waals surface area contributed by atoms with Gasteiger partial charge in [0.25, 0.3) is 5.91 Å². The Labute approximate surface area is 154 Å². The number of nitrogens with zero attached hydrogens (tertiary/aromatic N) is 6. The number of likely N-dealkylation sites (tertiary alicyclic amines) is 2. The molecule has 1 atom stereocenters. The summed E-state index contributed by atoms with van der Waals surface area (Å²) in [5.41, 5.74) is 0.654. The van der Waals surface area contributed by atoms with E-state index in [9.17, 15) is 4.79 Å². The Hall–Kier alpha value is -2.28. The molecule has 0 radical (unpaired) electrons. The van der Waals surface area contributed by atoms with E-state index in [-0.39, 0.29) is 11.8 Å². The maximum absolute atomic E-state index is 12.7. The molecule has 0 aromatic carbocycles. The number of piperidine rings is 1. The third-order valence-electron chi connectivity index (χ3n) is 5.54. The van der Waals surface area contributed by atoms with Gasteiger partial charge >= 0.3 is 0 Å². The summed E-state index contributed by atoms with van der Waals surface area (Å²) in [5, 5.41) is 8.92. The summed E-state index contributed by atoms with van der Waals surface area (Å²) in [4.78, 5) is 21.2. The summed E-state index contributed by atoms with van der Waals surface area (Å²) >= 11 is 0. The highest BCUT2D eigenvalue weighted by Crippen LogP contribution is 2.27. The van der Waals surface area contributed by atoms with Crippen LogP contribution >= 0.6 is 0 Å². The first kappa shape index (κ1) is 17.1. The number of rotatable bonds is 4. The van der Waals surface area contributed by atoms with Gasteiger partial charge in [-0.2, -0.15) is 0 Å². The smallest absolute Gasteiger partial charge is 0.255 e. The van der Waals surface area contributed by atoms with Crippen LogP contribution < -0.4 is 0 Å². The fourth-order valence-corrected chi connectivity index (χ4v) is 4.05. The molecule has 0 bridgehead atoms. The van der Waals surface area contributed by atoms with Gasteiger partial charge in [0.2, 0.25) is 0 Å². The van der Waals surface area contributed by atoms with E-state index in [0.29, 0.717) is 12.1 Å². The third-order valence-corrected chi connectivity index (χ3v) is 5.54. The van der Waals surface area contributed by atoms with Gasteiger partial charge in [0.05, 0.1) is 12.1 Å². The molecule has 7 nitrogen and oxygen atoms in total. The fraction of sp³-hybridized carbons (Fsp3) is 0.579. The molecule has 4 rings (SSSR count). The number of pyridine rings is 1. The van der Waals surface area contributed by atoms with Gasteiger partial charge in [-0.1, -0.05) is 0 Å². The van der Waals surface area contributed by atoms with Gasteiger partial charge in [0.15, 0.2) is 0 Å². The van der Waals surface area contributed by atoms with Crippen molar-refractivity contribution < 1.29 is 4.79 Å². The summed E-state index contributed by atoms with van der Waals surface area (Å²) in [6, 6.07) is 3.64. The Morgan fingerprint density at radius 1 is 1.19 bits per heavy atom. The maximum atomic E-state index is 12.7. The molecule has 0 N–H and O–H groups in total. The first-order chi connectivity index (χ1) is 12.7. The Bertz CT molecular complexity index is 753. The lowest BCUT2D eigenvalue weighted by molar-refractivity contribution is 0.0703. The van der Waals surface area contributed by atoms with Crippen molar-refractivity contribution in [3.63, 3.8) is 0 Å². The number of carbonyl (C=O) groups is 1. The van der Waals surface area contributed by atoms with E-state index in [0.717, 1.165) is 50.7 Å². The van der Waals surface area contributed by atoms with E-state index in [4.69, 9.17) is 0 Å². The lowest BCUT2D eigenvalue weighted by atomic mass is 9.96. The van der Waals surface area contributed by atoms with Crippen molar-refractivity contribution in [2.45, 2.75) is 38.1 Å². The molecule has 1 amide bonds. The van der Waals surface area contributed by atoms with Crippen molar-refractivity contribution in [2.24, 2.45) is 7.05 Å². The number of aromatic nitrogens is 4. The zero-order valence-electron chi connectivity index (χ0n) is 15.3. The van der Waals surface area contributed by atoms with Crippen molar-refractivity contribution >= 4 is 5.91 Å². The Balaban J connectivity index is 1.46. The molecular weight excluding hydrogens is 328 g/mol. The number of carbonyl (C=O) groups excluding carboxylic acids is 1. The predicted molar refractivity (Wildman–Crippen MR) is 97.6 cm³/mol. The van der Waals surface area contributed by atoms with Crippen LogP contribution in [0, 0.1) is 0 Å². The summed E-state index contributed by atoms with van der Waals surface area (Å²) in [7, 11) is 2.06. The van der Waals surface area contributed by atoms with E-state index in [2.05, 4.69) is 31.7 Å². The minimum Gasteiger partial charge on any atom is -0.338 e. The first-order valence-electron chi connectivity index (χ1n) is 9.52. The average Bonchev–Trinajstić information content (AvgIpc) is 3.33. The van der Waals surface area contributed by atoms with Crippen molar-refractivity contribution in [2.75, 3.05) is 26.2 Å². The average molecular weight is 354 g/mol. The van der Waals surface area contributed by atoms with E-state index in [1.807, 2.05) is 17.0 Å². The summed E-state index contributed by atoms with van der Waals surface area (Å²) in [6.07, 6.45) is 7.93. The summed E-state index contributed by atoms with van der Waals surface area (Å²) in [5.74, 6) is 2.33.